The molecule has 2 rings (SSSR count). The molecule has 6 nitrogen and oxygen atoms in total. The average Bonchev–Trinajstić information content (AvgIpc) is 2.87. The van der Waals surface area contributed by atoms with Crippen molar-refractivity contribution in [3.8, 4) is 17.3 Å². The van der Waals surface area contributed by atoms with Gasteiger partial charge in [-0.15, -0.1) is 5.10 Å². The molecule has 0 spiro atoms. The maximum absolute atomic E-state index is 11.7. The summed E-state index contributed by atoms with van der Waals surface area (Å²) in [5.41, 5.74) is 1.28. The molecule has 2 aromatic rings. The van der Waals surface area contributed by atoms with Crippen molar-refractivity contribution in [2.45, 2.75) is 6.92 Å². The number of nitriles is 1. The number of aromatic amines is 1. The van der Waals surface area contributed by atoms with E-state index in [2.05, 4.69) is 37.4 Å². The number of H-pyrrole nitrogens is 1. The smallest absolute Gasteiger partial charge is 0.361 e. The number of aromatic nitrogens is 3. The van der Waals surface area contributed by atoms with Gasteiger partial charge in [-0.25, -0.2) is 4.79 Å². The zero-order valence-electron chi connectivity index (χ0n) is 9.98. The Morgan fingerprint density at radius 2 is 2.32 bits per heavy atom. The van der Waals surface area contributed by atoms with Gasteiger partial charge in [0.05, 0.1) is 12.2 Å². The molecule has 7 heteroatoms. The second-order valence-electron chi connectivity index (χ2n) is 3.52. The van der Waals surface area contributed by atoms with Crippen LogP contribution in [0.3, 0.4) is 0 Å². The maximum Gasteiger partial charge on any atom is 0.361 e. The summed E-state index contributed by atoms with van der Waals surface area (Å²) in [4.78, 5) is 11.7. The zero-order valence-corrected chi connectivity index (χ0v) is 11.6. The number of benzene rings is 1. The summed E-state index contributed by atoms with van der Waals surface area (Å²) in [6, 6.07) is 7.26. The standard InChI is InChI=1S/C12H9BrN4O2/c1-2-19-12(18)11-10(15-17-16-11)7-4-3-5-9(13)8(7)6-14/h3-5H,2H2,1H3,(H,15,16,17). The van der Waals surface area contributed by atoms with E-state index in [4.69, 9.17) is 4.74 Å². The first-order chi connectivity index (χ1) is 9.19. The Kier molecular flexibility index (Phi) is 3.92. The van der Waals surface area contributed by atoms with Crippen molar-refractivity contribution in [1.82, 2.24) is 15.4 Å². The number of esters is 1. The second-order valence-corrected chi connectivity index (χ2v) is 4.37. The van der Waals surface area contributed by atoms with Crippen molar-refractivity contribution in [2.24, 2.45) is 0 Å². The first kappa shape index (κ1) is 13.2. The lowest BCUT2D eigenvalue weighted by Gasteiger charge is -2.04. The molecule has 0 saturated carbocycles. The normalized spacial score (nSPS) is 9.95. The number of rotatable bonds is 3. The first-order valence-electron chi connectivity index (χ1n) is 5.46. The van der Waals surface area contributed by atoms with Crippen LogP contribution in [0.15, 0.2) is 22.7 Å². The van der Waals surface area contributed by atoms with E-state index in [-0.39, 0.29) is 12.3 Å². The minimum atomic E-state index is -0.574. The van der Waals surface area contributed by atoms with Gasteiger partial charge in [0.1, 0.15) is 11.8 Å². The molecule has 1 heterocycles. The molecule has 0 fully saturated rings. The number of carbonyl (C=O) groups excluding carboxylic acids is 1. The molecule has 96 valence electrons. The summed E-state index contributed by atoms with van der Waals surface area (Å²) in [6.07, 6.45) is 0. The average molecular weight is 321 g/mol. The number of nitrogens with one attached hydrogen (secondary N) is 1. The van der Waals surface area contributed by atoms with Crippen LogP contribution < -0.4 is 0 Å². The SMILES string of the molecule is CCOC(=O)c1n[nH]nc1-c1cccc(Br)c1C#N. The van der Waals surface area contributed by atoms with Gasteiger partial charge in [-0.1, -0.05) is 12.1 Å². The third kappa shape index (κ3) is 2.48. The van der Waals surface area contributed by atoms with Crippen LogP contribution in [0.25, 0.3) is 11.3 Å². The van der Waals surface area contributed by atoms with E-state index in [1.165, 1.54) is 0 Å². The summed E-state index contributed by atoms with van der Waals surface area (Å²) in [5.74, 6) is -0.574. The van der Waals surface area contributed by atoms with E-state index in [1.807, 2.05) is 0 Å². The number of halogens is 1. The molecule has 0 aliphatic carbocycles. The fraction of sp³-hybridized carbons (Fsp3) is 0.167. The number of ether oxygens (including phenoxy) is 1. The van der Waals surface area contributed by atoms with Gasteiger partial charge in [0, 0.05) is 10.0 Å². The Balaban J connectivity index is 2.56. The van der Waals surface area contributed by atoms with Crippen LogP contribution in [-0.2, 0) is 4.74 Å². The van der Waals surface area contributed by atoms with Crippen LogP contribution >= 0.6 is 15.9 Å². The van der Waals surface area contributed by atoms with Gasteiger partial charge in [-0.2, -0.15) is 15.6 Å². The van der Waals surface area contributed by atoms with Crippen molar-refractivity contribution in [3.63, 3.8) is 0 Å². The molecule has 0 atom stereocenters. The van der Waals surface area contributed by atoms with E-state index >= 15 is 0 Å². The molecule has 0 aliphatic heterocycles. The summed E-state index contributed by atoms with van der Waals surface area (Å²) in [7, 11) is 0. The Bertz CT molecular complexity index is 660. The fourth-order valence-corrected chi connectivity index (χ4v) is 2.05. The zero-order chi connectivity index (χ0) is 13.8. The van der Waals surface area contributed by atoms with Gasteiger partial charge in [-0.05, 0) is 28.9 Å². The predicted octanol–water partition coefficient (Wildman–Crippen LogP) is 2.28. The number of hydrogen-bond acceptors (Lipinski definition) is 5. The number of carbonyl (C=O) groups is 1. The molecule has 1 N–H and O–H groups in total. The van der Waals surface area contributed by atoms with Crippen molar-refractivity contribution in [2.75, 3.05) is 6.61 Å². The molecule has 1 aromatic carbocycles. The highest BCUT2D eigenvalue weighted by Gasteiger charge is 2.21. The van der Waals surface area contributed by atoms with Gasteiger partial charge < -0.3 is 4.74 Å². The van der Waals surface area contributed by atoms with Crippen LogP contribution in [0.5, 0.6) is 0 Å². The summed E-state index contributed by atoms with van der Waals surface area (Å²) in [5, 5.41) is 19.3. The first-order valence-corrected chi connectivity index (χ1v) is 6.25. The van der Waals surface area contributed by atoms with Gasteiger partial charge in [0.25, 0.3) is 0 Å². The van der Waals surface area contributed by atoms with Crippen LogP contribution in [0.1, 0.15) is 23.0 Å². The summed E-state index contributed by atoms with van der Waals surface area (Å²) < 4.78 is 5.53. The molecular weight excluding hydrogens is 312 g/mol. The lowest BCUT2D eigenvalue weighted by molar-refractivity contribution is 0.0520. The van der Waals surface area contributed by atoms with Crippen molar-refractivity contribution in [1.29, 1.82) is 5.26 Å². The minimum Gasteiger partial charge on any atom is -0.461 e. The Morgan fingerprint density at radius 1 is 1.53 bits per heavy atom. The molecule has 0 bridgehead atoms. The van der Waals surface area contributed by atoms with E-state index in [0.717, 1.165) is 0 Å². The van der Waals surface area contributed by atoms with E-state index in [9.17, 15) is 10.1 Å². The van der Waals surface area contributed by atoms with E-state index in [1.54, 1.807) is 25.1 Å². The fourth-order valence-electron chi connectivity index (χ4n) is 1.60. The Labute approximate surface area is 117 Å². The van der Waals surface area contributed by atoms with Crippen LogP contribution in [0, 0.1) is 11.3 Å². The maximum atomic E-state index is 11.7. The van der Waals surface area contributed by atoms with Gasteiger partial charge in [0.2, 0.25) is 0 Å². The summed E-state index contributed by atoms with van der Waals surface area (Å²) >= 11 is 3.29. The highest BCUT2D eigenvalue weighted by atomic mass is 79.9. The lowest BCUT2D eigenvalue weighted by atomic mass is 10.0. The highest BCUT2D eigenvalue weighted by molar-refractivity contribution is 9.10. The third-order valence-corrected chi connectivity index (χ3v) is 3.06. The Morgan fingerprint density at radius 3 is 3.00 bits per heavy atom. The third-order valence-electron chi connectivity index (χ3n) is 2.40. The van der Waals surface area contributed by atoms with Crippen molar-refractivity contribution >= 4 is 21.9 Å². The quantitative estimate of drug-likeness (QED) is 0.876. The molecule has 0 saturated heterocycles. The molecule has 1 aromatic heterocycles. The molecule has 0 aliphatic rings. The van der Waals surface area contributed by atoms with Crippen LogP contribution in [0.4, 0.5) is 0 Å². The monoisotopic (exact) mass is 320 g/mol. The topological polar surface area (TPSA) is 91.7 Å². The molecule has 0 unspecified atom stereocenters. The molecular formula is C12H9BrN4O2. The number of hydrogen-bond donors (Lipinski definition) is 1. The minimum absolute atomic E-state index is 0.0662. The molecule has 19 heavy (non-hydrogen) atoms. The molecule has 0 radical (unpaired) electrons. The van der Waals surface area contributed by atoms with Crippen molar-refractivity contribution < 1.29 is 9.53 Å². The van der Waals surface area contributed by atoms with Crippen molar-refractivity contribution in [3.05, 3.63) is 33.9 Å². The van der Waals surface area contributed by atoms with Gasteiger partial charge in [-0.3, -0.25) is 0 Å². The Hall–Kier alpha value is -2.20. The second kappa shape index (κ2) is 5.63. The van der Waals surface area contributed by atoms with Crippen LogP contribution in [-0.4, -0.2) is 28.0 Å². The lowest BCUT2D eigenvalue weighted by Crippen LogP contribution is -2.07. The molecule has 0 amide bonds. The summed E-state index contributed by atoms with van der Waals surface area (Å²) in [6.45, 7) is 1.95. The van der Waals surface area contributed by atoms with Gasteiger partial charge in [0.15, 0.2) is 5.69 Å². The number of nitrogens with zero attached hydrogens (tertiary/aromatic N) is 3. The predicted molar refractivity (Wildman–Crippen MR) is 70.2 cm³/mol. The van der Waals surface area contributed by atoms with Gasteiger partial charge >= 0.3 is 5.97 Å². The van der Waals surface area contributed by atoms with E-state index < -0.39 is 5.97 Å². The van der Waals surface area contributed by atoms with Crippen LogP contribution in [0.2, 0.25) is 0 Å². The van der Waals surface area contributed by atoms with E-state index in [0.29, 0.717) is 21.3 Å². The largest absolute Gasteiger partial charge is 0.461 e. The highest BCUT2D eigenvalue weighted by Crippen LogP contribution is 2.29.